The fraction of sp³-hybridized carbons (Fsp3) is 0.438. The van der Waals surface area contributed by atoms with Gasteiger partial charge in [-0.05, 0) is 42.5 Å². The first-order chi connectivity index (χ1) is 9.78. The van der Waals surface area contributed by atoms with E-state index in [1.165, 1.54) is 0 Å². The summed E-state index contributed by atoms with van der Waals surface area (Å²) in [7, 11) is 1.67. The topological polar surface area (TPSA) is 43.4 Å². The number of nitrogens with one attached hydrogen (secondary N) is 1. The van der Waals surface area contributed by atoms with Crippen molar-refractivity contribution >= 4 is 10.8 Å². The first kappa shape index (κ1) is 13.2. The first-order valence-corrected chi connectivity index (χ1v) is 7.08. The maximum atomic E-state index is 6.15. The van der Waals surface area contributed by atoms with E-state index >= 15 is 0 Å². The Morgan fingerprint density at radius 3 is 3.00 bits per heavy atom. The summed E-state index contributed by atoms with van der Waals surface area (Å²) in [6.07, 6.45) is 3.11. The molecule has 0 amide bonds. The summed E-state index contributed by atoms with van der Waals surface area (Å²) >= 11 is 0. The number of benzene rings is 1. The van der Waals surface area contributed by atoms with E-state index in [0.29, 0.717) is 11.8 Å². The van der Waals surface area contributed by atoms with Crippen LogP contribution < -0.4 is 14.8 Å². The van der Waals surface area contributed by atoms with Crippen molar-refractivity contribution in [3.8, 4) is 11.6 Å². The Morgan fingerprint density at radius 1 is 1.30 bits per heavy atom. The van der Waals surface area contributed by atoms with Crippen LogP contribution in [0, 0.1) is 5.92 Å². The number of aromatic nitrogens is 1. The smallest absolute Gasteiger partial charge is 0.221 e. The van der Waals surface area contributed by atoms with Crippen LogP contribution in [0.3, 0.4) is 0 Å². The third-order valence-electron chi connectivity index (χ3n) is 3.96. The van der Waals surface area contributed by atoms with E-state index in [1.54, 1.807) is 13.3 Å². The molecule has 1 aliphatic rings. The molecular formula is C16H20N2O2. The van der Waals surface area contributed by atoms with Crippen molar-refractivity contribution in [3.05, 3.63) is 30.5 Å². The molecule has 2 atom stereocenters. The molecule has 0 radical (unpaired) electrons. The zero-order chi connectivity index (χ0) is 13.9. The molecule has 3 rings (SSSR count). The van der Waals surface area contributed by atoms with E-state index in [9.17, 15) is 0 Å². The molecule has 1 aromatic carbocycles. The van der Waals surface area contributed by atoms with Gasteiger partial charge in [0.2, 0.25) is 5.88 Å². The standard InChI is InChI=1S/C16H20N2O2/c1-11-5-7-17-10-15(11)20-16-14-9-13(19-2)4-3-12(14)6-8-18-16/h3-4,6,8-9,11,15,17H,5,7,10H2,1-2H3. The van der Waals surface area contributed by atoms with Crippen molar-refractivity contribution in [3.63, 3.8) is 0 Å². The van der Waals surface area contributed by atoms with Crippen LogP contribution in [0.2, 0.25) is 0 Å². The SMILES string of the molecule is COc1ccc2ccnc(OC3CNCCC3C)c2c1. The van der Waals surface area contributed by atoms with Gasteiger partial charge in [0.05, 0.1) is 7.11 Å². The molecule has 1 aromatic heterocycles. The predicted octanol–water partition coefficient (Wildman–Crippen LogP) is 2.62. The second kappa shape index (κ2) is 5.67. The van der Waals surface area contributed by atoms with Crippen molar-refractivity contribution in [2.45, 2.75) is 19.4 Å². The van der Waals surface area contributed by atoms with Gasteiger partial charge in [0.25, 0.3) is 0 Å². The molecule has 1 saturated heterocycles. The maximum absolute atomic E-state index is 6.15. The fourth-order valence-corrected chi connectivity index (χ4v) is 2.60. The Morgan fingerprint density at radius 2 is 2.20 bits per heavy atom. The van der Waals surface area contributed by atoms with Gasteiger partial charge in [0, 0.05) is 18.1 Å². The highest BCUT2D eigenvalue weighted by Crippen LogP contribution is 2.29. The van der Waals surface area contributed by atoms with E-state index in [-0.39, 0.29) is 6.10 Å². The maximum Gasteiger partial charge on any atom is 0.221 e. The van der Waals surface area contributed by atoms with E-state index in [1.807, 2.05) is 24.3 Å². The minimum atomic E-state index is 0.174. The van der Waals surface area contributed by atoms with Crippen LogP contribution in [0.5, 0.6) is 11.6 Å². The lowest BCUT2D eigenvalue weighted by Crippen LogP contribution is -2.43. The highest BCUT2D eigenvalue weighted by Gasteiger charge is 2.23. The number of methoxy groups -OCH3 is 1. The summed E-state index contributed by atoms with van der Waals surface area (Å²) in [4.78, 5) is 4.41. The van der Waals surface area contributed by atoms with Gasteiger partial charge in [0.15, 0.2) is 0 Å². The second-order valence-corrected chi connectivity index (χ2v) is 5.33. The second-order valence-electron chi connectivity index (χ2n) is 5.33. The van der Waals surface area contributed by atoms with Crippen LogP contribution >= 0.6 is 0 Å². The lowest BCUT2D eigenvalue weighted by atomic mass is 9.97. The number of nitrogens with zero attached hydrogens (tertiary/aromatic N) is 1. The lowest BCUT2D eigenvalue weighted by Gasteiger charge is -2.29. The lowest BCUT2D eigenvalue weighted by molar-refractivity contribution is 0.111. The Bertz CT molecular complexity index is 600. The first-order valence-electron chi connectivity index (χ1n) is 7.08. The monoisotopic (exact) mass is 272 g/mol. The van der Waals surface area contributed by atoms with Gasteiger partial charge < -0.3 is 14.8 Å². The quantitative estimate of drug-likeness (QED) is 0.932. The summed E-state index contributed by atoms with van der Waals surface area (Å²) in [5.74, 6) is 2.06. The molecule has 2 unspecified atom stereocenters. The van der Waals surface area contributed by atoms with E-state index in [4.69, 9.17) is 9.47 Å². The van der Waals surface area contributed by atoms with Gasteiger partial charge in [0.1, 0.15) is 11.9 Å². The largest absolute Gasteiger partial charge is 0.497 e. The molecule has 1 fully saturated rings. The van der Waals surface area contributed by atoms with Gasteiger partial charge >= 0.3 is 0 Å². The van der Waals surface area contributed by atoms with Crippen LogP contribution in [0.25, 0.3) is 10.8 Å². The summed E-state index contributed by atoms with van der Waals surface area (Å²) in [6, 6.07) is 7.96. The number of piperidine rings is 1. The summed E-state index contributed by atoms with van der Waals surface area (Å²) in [5.41, 5.74) is 0. The molecule has 0 bridgehead atoms. The van der Waals surface area contributed by atoms with Gasteiger partial charge in [-0.2, -0.15) is 0 Å². The molecule has 0 aliphatic carbocycles. The Hall–Kier alpha value is -1.81. The normalized spacial score (nSPS) is 22.7. The van der Waals surface area contributed by atoms with Crippen molar-refractivity contribution in [2.75, 3.05) is 20.2 Å². The van der Waals surface area contributed by atoms with Crippen molar-refractivity contribution < 1.29 is 9.47 Å². The molecule has 1 N–H and O–H groups in total. The zero-order valence-corrected chi connectivity index (χ0v) is 11.9. The Balaban J connectivity index is 1.93. The van der Waals surface area contributed by atoms with Crippen LogP contribution in [-0.4, -0.2) is 31.3 Å². The number of hydrogen-bond donors (Lipinski definition) is 1. The number of rotatable bonds is 3. The third kappa shape index (κ3) is 2.56. The molecule has 20 heavy (non-hydrogen) atoms. The molecule has 0 saturated carbocycles. The number of pyridine rings is 1. The van der Waals surface area contributed by atoms with Crippen LogP contribution in [-0.2, 0) is 0 Å². The van der Waals surface area contributed by atoms with E-state index in [0.717, 1.165) is 36.0 Å². The molecule has 106 valence electrons. The van der Waals surface area contributed by atoms with Gasteiger partial charge in [-0.15, -0.1) is 0 Å². The highest BCUT2D eigenvalue weighted by atomic mass is 16.5. The van der Waals surface area contributed by atoms with Crippen molar-refractivity contribution in [1.82, 2.24) is 10.3 Å². The Kier molecular flexibility index (Phi) is 3.74. The average molecular weight is 272 g/mol. The minimum absolute atomic E-state index is 0.174. The van der Waals surface area contributed by atoms with Gasteiger partial charge in [-0.1, -0.05) is 13.0 Å². The molecule has 2 heterocycles. The molecule has 0 spiro atoms. The summed E-state index contributed by atoms with van der Waals surface area (Å²) in [6.45, 7) is 4.18. The van der Waals surface area contributed by atoms with Gasteiger partial charge in [-0.25, -0.2) is 4.98 Å². The highest BCUT2D eigenvalue weighted by molar-refractivity contribution is 5.87. The number of fused-ring (bicyclic) bond motifs is 1. The van der Waals surface area contributed by atoms with Crippen LogP contribution in [0.1, 0.15) is 13.3 Å². The molecule has 4 nitrogen and oxygen atoms in total. The van der Waals surface area contributed by atoms with E-state index < -0.39 is 0 Å². The fourth-order valence-electron chi connectivity index (χ4n) is 2.60. The van der Waals surface area contributed by atoms with Crippen LogP contribution in [0.4, 0.5) is 0 Å². The zero-order valence-electron chi connectivity index (χ0n) is 11.9. The van der Waals surface area contributed by atoms with Crippen molar-refractivity contribution in [2.24, 2.45) is 5.92 Å². The average Bonchev–Trinajstić information content (AvgIpc) is 2.49. The number of ether oxygens (including phenoxy) is 2. The molecular weight excluding hydrogens is 252 g/mol. The van der Waals surface area contributed by atoms with Gasteiger partial charge in [-0.3, -0.25) is 0 Å². The third-order valence-corrected chi connectivity index (χ3v) is 3.96. The minimum Gasteiger partial charge on any atom is -0.497 e. The molecule has 4 heteroatoms. The molecule has 2 aromatic rings. The summed E-state index contributed by atoms with van der Waals surface area (Å²) in [5, 5.41) is 5.50. The van der Waals surface area contributed by atoms with Crippen LogP contribution in [0.15, 0.2) is 30.5 Å². The van der Waals surface area contributed by atoms with E-state index in [2.05, 4.69) is 17.2 Å². The summed E-state index contributed by atoms with van der Waals surface area (Å²) < 4.78 is 11.4. The Labute approximate surface area is 119 Å². The molecule has 1 aliphatic heterocycles. The predicted molar refractivity (Wildman–Crippen MR) is 79.4 cm³/mol. The number of hydrogen-bond acceptors (Lipinski definition) is 4. The van der Waals surface area contributed by atoms with Crippen molar-refractivity contribution in [1.29, 1.82) is 0 Å².